The largest absolute Gasteiger partial charge is 0.322 e. The SMILES string of the molecule is CC(C)C(N)c1nc2ccc(F)cc2s1. The maximum atomic E-state index is 13.0. The number of fused-ring (bicyclic) bond motifs is 1. The van der Waals surface area contributed by atoms with Gasteiger partial charge < -0.3 is 5.73 Å². The number of rotatable bonds is 2. The lowest BCUT2D eigenvalue weighted by atomic mass is 10.1. The van der Waals surface area contributed by atoms with E-state index < -0.39 is 0 Å². The van der Waals surface area contributed by atoms with Crippen molar-refractivity contribution in [3.63, 3.8) is 0 Å². The number of thiazole rings is 1. The summed E-state index contributed by atoms with van der Waals surface area (Å²) in [6, 6.07) is 4.55. The number of nitrogens with two attached hydrogens (primary N) is 1. The molecule has 2 rings (SSSR count). The minimum atomic E-state index is -0.226. The Kier molecular flexibility index (Phi) is 2.71. The van der Waals surface area contributed by atoms with Crippen LogP contribution >= 0.6 is 11.3 Å². The van der Waals surface area contributed by atoms with Gasteiger partial charge in [0.05, 0.1) is 16.3 Å². The van der Waals surface area contributed by atoms with Gasteiger partial charge in [0.2, 0.25) is 0 Å². The molecule has 80 valence electrons. The van der Waals surface area contributed by atoms with Gasteiger partial charge in [-0.15, -0.1) is 11.3 Å². The first-order valence-corrected chi connectivity index (χ1v) is 5.71. The van der Waals surface area contributed by atoms with Crippen LogP contribution in [0.1, 0.15) is 24.9 Å². The number of benzene rings is 1. The number of hydrogen-bond acceptors (Lipinski definition) is 3. The van der Waals surface area contributed by atoms with Crippen LogP contribution in [0, 0.1) is 11.7 Å². The van der Waals surface area contributed by atoms with Crippen molar-refractivity contribution in [3.05, 3.63) is 29.0 Å². The summed E-state index contributed by atoms with van der Waals surface area (Å²) in [7, 11) is 0. The Balaban J connectivity index is 2.47. The second-order valence-electron chi connectivity index (χ2n) is 3.93. The highest BCUT2D eigenvalue weighted by atomic mass is 32.1. The first kappa shape index (κ1) is 10.5. The molecular formula is C11H13FN2S. The molecular weight excluding hydrogens is 211 g/mol. The predicted molar refractivity (Wildman–Crippen MR) is 61.3 cm³/mol. The Morgan fingerprint density at radius 3 is 2.80 bits per heavy atom. The summed E-state index contributed by atoms with van der Waals surface area (Å²) in [4.78, 5) is 4.40. The van der Waals surface area contributed by atoms with E-state index in [2.05, 4.69) is 18.8 Å². The second-order valence-corrected chi connectivity index (χ2v) is 5.00. The normalized spacial score (nSPS) is 13.7. The Morgan fingerprint density at radius 2 is 2.13 bits per heavy atom. The van der Waals surface area contributed by atoms with Crippen LogP contribution in [-0.2, 0) is 0 Å². The van der Waals surface area contributed by atoms with Crippen molar-refractivity contribution in [2.45, 2.75) is 19.9 Å². The van der Waals surface area contributed by atoms with Crippen molar-refractivity contribution in [2.24, 2.45) is 11.7 Å². The average Bonchev–Trinajstić information content (AvgIpc) is 2.58. The molecule has 0 aliphatic carbocycles. The van der Waals surface area contributed by atoms with E-state index in [9.17, 15) is 4.39 Å². The van der Waals surface area contributed by atoms with Crippen LogP contribution in [0.2, 0.25) is 0 Å². The fraction of sp³-hybridized carbons (Fsp3) is 0.364. The Bertz CT molecular complexity index is 478. The van der Waals surface area contributed by atoms with Gasteiger partial charge in [0.1, 0.15) is 10.8 Å². The maximum Gasteiger partial charge on any atom is 0.124 e. The van der Waals surface area contributed by atoms with Gasteiger partial charge in [-0.1, -0.05) is 13.8 Å². The number of nitrogens with zero attached hydrogens (tertiary/aromatic N) is 1. The van der Waals surface area contributed by atoms with Gasteiger partial charge in [-0.2, -0.15) is 0 Å². The van der Waals surface area contributed by atoms with Crippen molar-refractivity contribution in [1.82, 2.24) is 4.98 Å². The van der Waals surface area contributed by atoms with E-state index in [0.717, 1.165) is 15.2 Å². The van der Waals surface area contributed by atoms with Gasteiger partial charge >= 0.3 is 0 Å². The van der Waals surface area contributed by atoms with Crippen LogP contribution < -0.4 is 5.73 Å². The molecule has 15 heavy (non-hydrogen) atoms. The molecule has 2 N–H and O–H groups in total. The summed E-state index contributed by atoms with van der Waals surface area (Å²) < 4.78 is 13.8. The van der Waals surface area contributed by atoms with Crippen molar-refractivity contribution < 1.29 is 4.39 Å². The van der Waals surface area contributed by atoms with Gasteiger partial charge in [0.25, 0.3) is 0 Å². The maximum absolute atomic E-state index is 13.0. The molecule has 4 heteroatoms. The Hall–Kier alpha value is -1.000. The molecule has 2 nitrogen and oxygen atoms in total. The summed E-state index contributed by atoms with van der Waals surface area (Å²) >= 11 is 1.47. The standard InChI is InChI=1S/C11H13FN2S/c1-6(2)10(13)11-14-8-4-3-7(12)5-9(8)15-11/h3-6,10H,13H2,1-2H3. The van der Waals surface area contributed by atoms with E-state index in [1.165, 1.54) is 23.5 Å². The number of aromatic nitrogens is 1. The van der Waals surface area contributed by atoms with Crippen LogP contribution in [0.25, 0.3) is 10.2 Å². The summed E-state index contributed by atoms with van der Waals surface area (Å²) in [6.07, 6.45) is 0. The molecule has 0 fully saturated rings. The van der Waals surface area contributed by atoms with Gasteiger partial charge in [-0.25, -0.2) is 9.37 Å². The topological polar surface area (TPSA) is 38.9 Å². The average molecular weight is 224 g/mol. The van der Waals surface area contributed by atoms with Crippen LogP contribution in [0.3, 0.4) is 0 Å². The number of halogens is 1. The highest BCUT2D eigenvalue weighted by molar-refractivity contribution is 7.18. The van der Waals surface area contributed by atoms with Gasteiger partial charge in [-0.3, -0.25) is 0 Å². The Labute approximate surface area is 91.9 Å². The molecule has 2 aromatic rings. The van der Waals surface area contributed by atoms with Crippen LogP contribution in [0.4, 0.5) is 4.39 Å². The molecule has 0 aliphatic rings. The number of hydrogen-bond donors (Lipinski definition) is 1. The zero-order valence-corrected chi connectivity index (χ0v) is 9.51. The lowest BCUT2D eigenvalue weighted by molar-refractivity contribution is 0.513. The Morgan fingerprint density at radius 1 is 1.40 bits per heavy atom. The second kappa shape index (κ2) is 3.87. The summed E-state index contributed by atoms with van der Waals surface area (Å²) in [5.74, 6) is 0.117. The van der Waals surface area contributed by atoms with Gasteiger partial charge in [-0.05, 0) is 24.1 Å². The first-order chi connectivity index (χ1) is 7.08. The van der Waals surface area contributed by atoms with Crippen LogP contribution in [-0.4, -0.2) is 4.98 Å². The summed E-state index contributed by atoms with van der Waals surface area (Å²) in [5.41, 5.74) is 6.82. The van der Waals surface area contributed by atoms with Crippen LogP contribution in [0.5, 0.6) is 0 Å². The van der Waals surface area contributed by atoms with Crippen molar-refractivity contribution in [1.29, 1.82) is 0 Å². The molecule has 1 unspecified atom stereocenters. The molecule has 0 bridgehead atoms. The van der Waals surface area contributed by atoms with E-state index >= 15 is 0 Å². The zero-order valence-electron chi connectivity index (χ0n) is 8.70. The highest BCUT2D eigenvalue weighted by Gasteiger charge is 2.15. The highest BCUT2D eigenvalue weighted by Crippen LogP contribution is 2.28. The molecule has 0 radical (unpaired) electrons. The molecule has 1 heterocycles. The third-order valence-corrected chi connectivity index (χ3v) is 3.49. The van der Waals surface area contributed by atoms with E-state index in [1.54, 1.807) is 6.07 Å². The lowest BCUT2D eigenvalue weighted by Gasteiger charge is -2.11. The third-order valence-electron chi connectivity index (χ3n) is 2.37. The van der Waals surface area contributed by atoms with E-state index in [1.807, 2.05) is 0 Å². The monoisotopic (exact) mass is 224 g/mol. The molecule has 0 saturated carbocycles. The minimum absolute atomic E-state index is 0.0644. The van der Waals surface area contributed by atoms with E-state index in [4.69, 9.17) is 5.73 Å². The van der Waals surface area contributed by atoms with E-state index in [-0.39, 0.29) is 11.9 Å². The smallest absolute Gasteiger partial charge is 0.124 e. The molecule has 0 spiro atoms. The quantitative estimate of drug-likeness (QED) is 0.851. The summed E-state index contributed by atoms with van der Waals surface area (Å²) in [6.45, 7) is 4.11. The molecule has 1 atom stereocenters. The third kappa shape index (κ3) is 2.01. The first-order valence-electron chi connectivity index (χ1n) is 4.89. The van der Waals surface area contributed by atoms with Crippen molar-refractivity contribution >= 4 is 21.6 Å². The molecule has 0 saturated heterocycles. The fourth-order valence-electron chi connectivity index (χ4n) is 1.34. The fourth-order valence-corrected chi connectivity index (χ4v) is 2.51. The lowest BCUT2D eigenvalue weighted by Crippen LogP contribution is -2.16. The predicted octanol–water partition coefficient (Wildman–Crippen LogP) is 3.09. The molecule has 1 aromatic carbocycles. The van der Waals surface area contributed by atoms with Crippen molar-refractivity contribution in [2.75, 3.05) is 0 Å². The van der Waals surface area contributed by atoms with Crippen molar-refractivity contribution in [3.8, 4) is 0 Å². The molecule has 1 aromatic heterocycles. The van der Waals surface area contributed by atoms with E-state index in [0.29, 0.717) is 5.92 Å². The molecule has 0 aliphatic heterocycles. The molecule has 0 amide bonds. The summed E-state index contributed by atoms with van der Waals surface area (Å²) in [5, 5.41) is 0.880. The minimum Gasteiger partial charge on any atom is -0.322 e. The van der Waals surface area contributed by atoms with Gasteiger partial charge in [0, 0.05) is 0 Å². The zero-order chi connectivity index (χ0) is 11.0. The van der Waals surface area contributed by atoms with Crippen LogP contribution in [0.15, 0.2) is 18.2 Å². The van der Waals surface area contributed by atoms with Gasteiger partial charge in [0.15, 0.2) is 0 Å².